The fourth-order valence-corrected chi connectivity index (χ4v) is 2.43. The van der Waals surface area contributed by atoms with Gasteiger partial charge >= 0.3 is 0 Å². The van der Waals surface area contributed by atoms with Crippen LogP contribution in [-0.4, -0.2) is 26.1 Å². The highest BCUT2D eigenvalue weighted by Gasteiger charge is 2.13. The maximum atomic E-state index is 13.5. The molecule has 9 heteroatoms. The lowest BCUT2D eigenvalue weighted by molar-refractivity contribution is -0.117. The van der Waals surface area contributed by atoms with Gasteiger partial charge in [0.2, 0.25) is 11.7 Å². The molecule has 0 spiro atoms. The summed E-state index contributed by atoms with van der Waals surface area (Å²) < 4.78 is 27.1. The van der Waals surface area contributed by atoms with Crippen LogP contribution in [0.5, 0.6) is 0 Å². The minimum absolute atomic E-state index is 0.118. The van der Waals surface area contributed by atoms with Crippen molar-refractivity contribution in [2.45, 2.75) is 6.54 Å². The van der Waals surface area contributed by atoms with Gasteiger partial charge in [0.25, 0.3) is 0 Å². The zero-order valence-corrected chi connectivity index (χ0v) is 13.7. The molecule has 122 valence electrons. The predicted molar refractivity (Wildman–Crippen MR) is 85.9 cm³/mol. The van der Waals surface area contributed by atoms with Gasteiger partial charge in [0.05, 0.1) is 5.69 Å². The maximum Gasteiger partial charge on any atom is 0.248 e. The largest absolute Gasteiger partial charge is 0.322 e. The molecule has 0 aliphatic heterocycles. The highest BCUT2D eigenvalue weighted by Crippen LogP contribution is 2.24. The zero-order chi connectivity index (χ0) is 17.1. The maximum absolute atomic E-state index is 13.5. The summed E-state index contributed by atoms with van der Waals surface area (Å²) in [7, 11) is 0. The Bertz CT molecular complexity index is 899. The molecule has 24 heavy (non-hydrogen) atoms. The van der Waals surface area contributed by atoms with Crippen LogP contribution in [0.2, 0.25) is 0 Å². The molecule has 0 bridgehead atoms. The van der Waals surface area contributed by atoms with E-state index in [1.807, 2.05) is 18.2 Å². The number of benzene rings is 2. The van der Waals surface area contributed by atoms with Gasteiger partial charge in [-0.3, -0.25) is 4.79 Å². The Morgan fingerprint density at radius 1 is 1.21 bits per heavy atom. The third-order valence-corrected chi connectivity index (χ3v) is 3.75. The van der Waals surface area contributed by atoms with E-state index in [-0.39, 0.29) is 12.2 Å². The molecule has 2 aromatic carbocycles. The Kier molecular flexibility index (Phi) is 4.61. The molecule has 0 atom stereocenters. The molecule has 1 N–H and O–H groups in total. The summed E-state index contributed by atoms with van der Waals surface area (Å²) in [4.78, 5) is 13.0. The zero-order valence-electron chi connectivity index (χ0n) is 12.1. The Hall–Kier alpha value is -2.68. The summed E-state index contributed by atoms with van der Waals surface area (Å²) in [5, 5.41) is 14.1. The van der Waals surface area contributed by atoms with Crippen LogP contribution in [0.1, 0.15) is 0 Å². The van der Waals surface area contributed by atoms with Crippen molar-refractivity contribution >= 4 is 27.5 Å². The summed E-state index contributed by atoms with van der Waals surface area (Å²) in [6.07, 6.45) is 0. The molecule has 1 aromatic heterocycles. The van der Waals surface area contributed by atoms with Crippen LogP contribution in [0.3, 0.4) is 0 Å². The van der Waals surface area contributed by atoms with Gasteiger partial charge in [0, 0.05) is 16.1 Å². The number of carbonyl (C=O) groups excluding carboxylic acids is 1. The first-order valence-electron chi connectivity index (χ1n) is 6.80. The molecule has 3 aromatic rings. The second-order valence-electron chi connectivity index (χ2n) is 4.80. The van der Waals surface area contributed by atoms with Crippen molar-refractivity contribution in [3.8, 4) is 11.4 Å². The van der Waals surface area contributed by atoms with E-state index in [9.17, 15) is 13.6 Å². The average Bonchev–Trinajstić information content (AvgIpc) is 2.99. The summed E-state index contributed by atoms with van der Waals surface area (Å²) in [6.45, 7) is -0.256. The van der Waals surface area contributed by atoms with Crippen LogP contribution < -0.4 is 5.32 Å². The lowest BCUT2D eigenvalue weighted by Gasteiger charge is -2.05. The summed E-state index contributed by atoms with van der Waals surface area (Å²) in [5.74, 6) is -1.79. The number of rotatable bonds is 4. The van der Waals surface area contributed by atoms with E-state index in [0.29, 0.717) is 11.9 Å². The van der Waals surface area contributed by atoms with Gasteiger partial charge in [0.1, 0.15) is 18.2 Å². The molecule has 6 nitrogen and oxygen atoms in total. The fraction of sp³-hybridized carbons (Fsp3) is 0.0667. The van der Waals surface area contributed by atoms with Crippen LogP contribution in [0.15, 0.2) is 46.9 Å². The standard InChI is InChI=1S/C15H10BrF2N5O/c16-11-4-2-1-3-10(11)15-20-22-23(21-15)8-14(24)19-13-6-5-9(17)7-12(13)18/h1-7H,8H2,(H,19,24). The Morgan fingerprint density at radius 3 is 2.75 bits per heavy atom. The third kappa shape index (κ3) is 3.62. The number of hydrogen-bond donors (Lipinski definition) is 1. The van der Waals surface area contributed by atoms with Crippen molar-refractivity contribution in [3.63, 3.8) is 0 Å². The first kappa shape index (κ1) is 16.2. The number of anilines is 1. The lowest BCUT2D eigenvalue weighted by Crippen LogP contribution is -2.21. The van der Waals surface area contributed by atoms with Crippen molar-refractivity contribution in [3.05, 3.63) is 58.6 Å². The van der Waals surface area contributed by atoms with Gasteiger partial charge in [-0.05, 0) is 29.5 Å². The van der Waals surface area contributed by atoms with Crippen molar-refractivity contribution in [2.24, 2.45) is 0 Å². The number of amides is 1. The summed E-state index contributed by atoms with van der Waals surface area (Å²) >= 11 is 3.38. The van der Waals surface area contributed by atoms with E-state index in [2.05, 4.69) is 36.7 Å². The number of carbonyl (C=O) groups is 1. The number of halogens is 3. The first-order valence-corrected chi connectivity index (χ1v) is 7.60. The molecule has 0 aliphatic carbocycles. The van der Waals surface area contributed by atoms with Crippen molar-refractivity contribution in [2.75, 3.05) is 5.32 Å². The van der Waals surface area contributed by atoms with Gasteiger partial charge in [0.15, 0.2) is 0 Å². The van der Waals surface area contributed by atoms with Crippen LogP contribution in [0.4, 0.5) is 14.5 Å². The molecular formula is C15H10BrF2N5O. The molecule has 0 saturated heterocycles. The van der Waals surface area contributed by atoms with Crippen LogP contribution >= 0.6 is 15.9 Å². The molecule has 0 fully saturated rings. The van der Waals surface area contributed by atoms with Crippen molar-refractivity contribution in [1.29, 1.82) is 0 Å². The molecule has 0 unspecified atom stereocenters. The molecule has 1 amide bonds. The Morgan fingerprint density at radius 2 is 2.00 bits per heavy atom. The van der Waals surface area contributed by atoms with E-state index in [1.165, 1.54) is 0 Å². The van der Waals surface area contributed by atoms with Crippen molar-refractivity contribution in [1.82, 2.24) is 20.2 Å². The van der Waals surface area contributed by atoms with Crippen LogP contribution in [-0.2, 0) is 11.3 Å². The lowest BCUT2D eigenvalue weighted by atomic mass is 10.2. The van der Waals surface area contributed by atoms with Gasteiger partial charge in [-0.15, -0.1) is 10.2 Å². The van der Waals surface area contributed by atoms with Crippen LogP contribution in [0.25, 0.3) is 11.4 Å². The van der Waals surface area contributed by atoms with E-state index in [1.54, 1.807) is 6.07 Å². The van der Waals surface area contributed by atoms with E-state index in [0.717, 1.165) is 27.0 Å². The normalized spacial score (nSPS) is 10.6. The van der Waals surface area contributed by atoms with E-state index < -0.39 is 17.5 Å². The molecule has 0 radical (unpaired) electrons. The van der Waals surface area contributed by atoms with Crippen molar-refractivity contribution < 1.29 is 13.6 Å². The van der Waals surface area contributed by atoms with Gasteiger partial charge in [-0.1, -0.05) is 28.1 Å². The van der Waals surface area contributed by atoms with Gasteiger partial charge in [-0.2, -0.15) is 4.80 Å². The molecule has 0 saturated carbocycles. The second kappa shape index (κ2) is 6.83. The monoisotopic (exact) mass is 393 g/mol. The molecular weight excluding hydrogens is 384 g/mol. The fourth-order valence-electron chi connectivity index (χ4n) is 1.97. The number of nitrogens with one attached hydrogen (secondary N) is 1. The SMILES string of the molecule is O=C(Cn1nnc(-c2ccccc2Br)n1)Nc1ccc(F)cc1F. The minimum atomic E-state index is -0.858. The molecule has 0 aliphatic rings. The number of hydrogen-bond acceptors (Lipinski definition) is 4. The quantitative estimate of drug-likeness (QED) is 0.739. The molecule has 1 heterocycles. The number of nitrogens with zero attached hydrogens (tertiary/aromatic N) is 4. The average molecular weight is 394 g/mol. The summed E-state index contributed by atoms with van der Waals surface area (Å²) in [6, 6.07) is 10.2. The van der Waals surface area contributed by atoms with E-state index >= 15 is 0 Å². The highest BCUT2D eigenvalue weighted by atomic mass is 79.9. The number of tetrazole rings is 1. The Balaban J connectivity index is 1.70. The van der Waals surface area contributed by atoms with E-state index in [4.69, 9.17) is 0 Å². The summed E-state index contributed by atoms with van der Waals surface area (Å²) in [5.41, 5.74) is 0.612. The topological polar surface area (TPSA) is 72.7 Å². The van der Waals surface area contributed by atoms with Gasteiger partial charge in [-0.25, -0.2) is 8.78 Å². The minimum Gasteiger partial charge on any atom is -0.322 e. The highest BCUT2D eigenvalue weighted by molar-refractivity contribution is 9.10. The third-order valence-electron chi connectivity index (χ3n) is 3.06. The van der Waals surface area contributed by atoms with Gasteiger partial charge < -0.3 is 5.32 Å². The Labute approximate surface area is 143 Å². The second-order valence-corrected chi connectivity index (χ2v) is 5.65. The predicted octanol–water partition coefficient (Wildman–Crippen LogP) is 3.02. The smallest absolute Gasteiger partial charge is 0.248 e. The number of aromatic nitrogens is 4. The first-order chi connectivity index (χ1) is 11.5. The molecule has 3 rings (SSSR count). The van der Waals surface area contributed by atoms with Crippen LogP contribution in [0, 0.1) is 11.6 Å².